The van der Waals surface area contributed by atoms with E-state index >= 15 is 0 Å². The highest BCUT2D eigenvalue weighted by molar-refractivity contribution is 5.97. The molecule has 0 unspecified atom stereocenters. The van der Waals surface area contributed by atoms with Gasteiger partial charge in [0.25, 0.3) is 0 Å². The third-order valence-corrected chi connectivity index (χ3v) is 3.76. The van der Waals surface area contributed by atoms with Gasteiger partial charge in [-0.2, -0.15) is 0 Å². The van der Waals surface area contributed by atoms with Gasteiger partial charge in [-0.1, -0.05) is 52.0 Å². The van der Waals surface area contributed by atoms with Gasteiger partial charge < -0.3 is 4.90 Å². The number of benzene rings is 1. The highest BCUT2D eigenvalue weighted by atomic mass is 16.1. The van der Waals surface area contributed by atoms with Crippen LogP contribution >= 0.6 is 0 Å². The first kappa shape index (κ1) is 17.9. The van der Waals surface area contributed by atoms with Gasteiger partial charge >= 0.3 is 0 Å². The monoisotopic (exact) mass is 290 g/mol. The van der Waals surface area contributed by atoms with Crippen LogP contribution in [0.3, 0.4) is 0 Å². The Kier molecular flexibility index (Phi) is 7.62. The van der Waals surface area contributed by atoms with Crippen molar-refractivity contribution in [2.45, 2.75) is 34.2 Å². The molecule has 0 spiro atoms. The first-order chi connectivity index (χ1) is 10.1. The fourth-order valence-electron chi connectivity index (χ4n) is 2.37. The van der Waals surface area contributed by atoms with Gasteiger partial charge in [0, 0.05) is 44.2 Å². The Morgan fingerprint density at radius 3 is 2.05 bits per heavy atom. The van der Waals surface area contributed by atoms with Crippen molar-refractivity contribution in [2.75, 3.05) is 33.2 Å². The number of carbonyl (C=O) groups is 1. The third-order valence-electron chi connectivity index (χ3n) is 3.76. The minimum Gasteiger partial charge on any atom is -0.304 e. The molecule has 0 saturated carbocycles. The summed E-state index contributed by atoms with van der Waals surface area (Å²) >= 11 is 0. The molecule has 1 fully saturated rings. The Morgan fingerprint density at radius 2 is 1.57 bits per heavy atom. The van der Waals surface area contributed by atoms with Crippen LogP contribution in [0.25, 0.3) is 0 Å². The molecule has 2 rings (SSSR count). The second-order valence-electron chi connectivity index (χ2n) is 5.80. The predicted octanol–water partition coefficient (Wildman–Crippen LogP) is 3.30. The molecule has 118 valence electrons. The van der Waals surface area contributed by atoms with Crippen molar-refractivity contribution >= 4 is 5.78 Å². The van der Waals surface area contributed by atoms with Crippen molar-refractivity contribution in [3.8, 4) is 0 Å². The molecule has 1 aliphatic heterocycles. The summed E-state index contributed by atoms with van der Waals surface area (Å²) in [5, 5.41) is 0. The van der Waals surface area contributed by atoms with Gasteiger partial charge in [0.1, 0.15) is 0 Å². The van der Waals surface area contributed by atoms with Crippen LogP contribution in [0.15, 0.2) is 24.3 Å². The molecule has 1 aromatic carbocycles. The average molecular weight is 290 g/mol. The van der Waals surface area contributed by atoms with Gasteiger partial charge in [-0.15, -0.1) is 0 Å². The predicted molar refractivity (Wildman–Crippen MR) is 89.7 cm³/mol. The van der Waals surface area contributed by atoms with Crippen molar-refractivity contribution in [3.63, 3.8) is 0 Å². The largest absolute Gasteiger partial charge is 0.304 e. The SMILES string of the molecule is CC.CC(C)C(=O)c1ccc(CN2CCN(C)CC2)cc1. The van der Waals surface area contributed by atoms with Crippen LogP contribution in [0.5, 0.6) is 0 Å². The maximum Gasteiger partial charge on any atom is 0.165 e. The highest BCUT2D eigenvalue weighted by Gasteiger charge is 2.14. The van der Waals surface area contributed by atoms with Crippen molar-refractivity contribution in [3.05, 3.63) is 35.4 Å². The van der Waals surface area contributed by atoms with Gasteiger partial charge in [0.2, 0.25) is 0 Å². The molecular formula is C18H30N2O. The van der Waals surface area contributed by atoms with E-state index in [1.165, 1.54) is 5.56 Å². The Balaban J connectivity index is 0.00000106. The van der Waals surface area contributed by atoms with Crippen LogP contribution in [-0.2, 0) is 6.54 Å². The molecule has 0 radical (unpaired) electrons. The zero-order valence-corrected chi connectivity index (χ0v) is 14.2. The smallest absolute Gasteiger partial charge is 0.165 e. The lowest BCUT2D eigenvalue weighted by Gasteiger charge is -2.32. The molecule has 3 heteroatoms. The Bertz CT molecular complexity index is 417. The first-order valence-electron chi connectivity index (χ1n) is 8.10. The number of hydrogen-bond donors (Lipinski definition) is 0. The summed E-state index contributed by atoms with van der Waals surface area (Å²) < 4.78 is 0. The molecule has 0 bridgehead atoms. The van der Waals surface area contributed by atoms with E-state index in [4.69, 9.17) is 0 Å². The van der Waals surface area contributed by atoms with Gasteiger partial charge in [-0.3, -0.25) is 9.69 Å². The zero-order valence-electron chi connectivity index (χ0n) is 14.2. The second kappa shape index (κ2) is 8.96. The van der Waals surface area contributed by atoms with Gasteiger partial charge in [-0.25, -0.2) is 0 Å². The van der Waals surface area contributed by atoms with E-state index in [-0.39, 0.29) is 11.7 Å². The molecule has 0 atom stereocenters. The topological polar surface area (TPSA) is 23.6 Å². The fourth-order valence-corrected chi connectivity index (χ4v) is 2.37. The lowest BCUT2D eigenvalue weighted by atomic mass is 10.00. The number of carbonyl (C=O) groups excluding carboxylic acids is 1. The summed E-state index contributed by atoms with van der Waals surface area (Å²) in [5.41, 5.74) is 2.13. The van der Waals surface area contributed by atoms with Crippen LogP contribution in [0, 0.1) is 5.92 Å². The molecule has 1 aromatic rings. The van der Waals surface area contributed by atoms with Crippen LogP contribution in [0.2, 0.25) is 0 Å². The van der Waals surface area contributed by atoms with Crippen molar-refractivity contribution in [1.29, 1.82) is 0 Å². The number of Topliss-reactive ketones (excluding diaryl/α,β-unsaturated/α-hetero) is 1. The van der Waals surface area contributed by atoms with Gasteiger partial charge in [0.05, 0.1) is 0 Å². The number of hydrogen-bond acceptors (Lipinski definition) is 3. The number of nitrogens with zero attached hydrogens (tertiary/aromatic N) is 2. The minimum atomic E-state index is 0.0727. The van der Waals surface area contributed by atoms with Crippen LogP contribution in [-0.4, -0.2) is 48.8 Å². The number of piperazine rings is 1. The molecule has 1 saturated heterocycles. The summed E-state index contributed by atoms with van der Waals surface area (Å²) in [6.07, 6.45) is 0. The minimum absolute atomic E-state index is 0.0727. The van der Waals surface area contributed by atoms with Crippen LogP contribution < -0.4 is 0 Å². The van der Waals surface area contributed by atoms with E-state index in [9.17, 15) is 4.79 Å². The number of likely N-dealkylation sites (N-methyl/N-ethyl adjacent to an activating group) is 1. The molecule has 0 N–H and O–H groups in total. The number of ketones is 1. The molecule has 21 heavy (non-hydrogen) atoms. The first-order valence-corrected chi connectivity index (χ1v) is 8.10. The highest BCUT2D eigenvalue weighted by Crippen LogP contribution is 2.12. The van der Waals surface area contributed by atoms with E-state index < -0.39 is 0 Å². The summed E-state index contributed by atoms with van der Waals surface area (Å²) in [5.74, 6) is 0.301. The van der Waals surface area contributed by atoms with Crippen molar-refractivity contribution in [2.24, 2.45) is 5.92 Å². The zero-order chi connectivity index (χ0) is 15.8. The molecule has 1 aliphatic rings. The molecule has 1 heterocycles. The average Bonchev–Trinajstić information content (AvgIpc) is 2.51. The quantitative estimate of drug-likeness (QED) is 0.795. The summed E-state index contributed by atoms with van der Waals surface area (Å²) in [6, 6.07) is 8.11. The van der Waals surface area contributed by atoms with Crippen molar-refractivity contribution < 1.29 is 4.79 Å². The Labute approximate surface area is 129 Å². The fraction of sp³-hybridized carbons (Fsp3) is 0.611. The molecule has 0 aliphatic carbocycles. The lowest BCUT2D eigenvalue weighted by Crippen LogP contribution is -2.43. The van der Waals surface area contributed by atoms with Crippen molar-refractivity contribution in [1.82, 2.24) is 9.80 Å². The normalized spacial score (nSPS) is 16.5. The standard InChI is InChI=1S/C16H24N2O.C2H6/c1-13(2)16(19)15-6-4-14(5-7-15)12-18-10-8-17(3)9-11-18;1-2/h4-7,13H,8-12H2,1-3H3;1-2H3. The van der Waals surface area contributed by atoms with E-state index in [0.29, 0.717) is 0 Å². The van der Waals surface area contributed by atoms with Gasteiger partial charge in [0.15, 0.2) is 5.78 Å². The van der Waals surface area contributed by atoms with Gasteiger partial charge in [-0.05, 0) is 12.6 Å². The van der Waals surface area contributed by atoms with Crippen LogP contribution in [0.4, 0.5) is 0 Å². The maximum absolute atomic E-state index is 11.9. The maximum atomic E-state index is 11.9. The summed E-state index contributed by atoms with van der Waals surface area (Å²) in [6.45, 7) is 13.4. The summed E-state index contributed by atoms with van der Waals surface area (Å²) in [7, 11) is 2.17. The molecule has 0 aromatic heterocycles. The molecular weight excluding hydrogens is 260 g/mol. The Hall–Kier alpha value is -1.19. The molecule has 0 amide bonds. The lowest BCUT2D eigenvalue weighted by molar-refractivity contribution is 0.0939. The second-order valence-corrected chi connectivity index (χ2v) is 5.80. The molecule has 3 nitrogen and oxygen atoms in total. The summed E-state index contributed by atoms with van der Waals surface area (Å²) in [4.78, 5) is 16.7. The third kappa shape index (κ3) is 5.60. The van der Waals surface area contributed by atoms with Crippen LogP contribution in [0.1, 0.15) is 43.6 Å². The van der Waals surface area contributed by atoms with E-state index in [2.05, 4.69) is 29.0 Å². The number of rotatable bonds is 4. The van der Waals surface area contributed by atoms with E-state index in [0.717, 1.165) is 38.3 Å². The van der Waals surface area contributed by atoms with E-state index in [1.54, 1.807) is 0 Å². The van der Waals surface area contributed by atoms with E-state index in [1.807, 2.05) is 39.8 Å². The Morgan fingerprint density at radius 1 is 1.05 bits per heavy atom.